The van der Waals surface area contributed by atoms with Crippen LogP contribution in [-0.4, -0.2) is 16.6 Å². The molecule has 2 aliphatic rings. The second-order valence-electron chi connectivity index (χ2n) is 7.22. The lowest BCUT2D eigenvalue weighted by molar-refractivity contribution is 0.451. The van der Waals surface area contributed by atoms with E-state index in [2.05, 4.69) is 44.9 Å². The summed E-state index contributed by atoms with van der Waals surface area (Å²) in [5.41, 5.74) is 0. The summed E-state index contributed by atoms with van der Waals surface area (Å²) < 4.78 is 6.45. The number of rotatable bonds is 4. The van der Waals surface area contributed by atoms with Crippen LogP contribution in [0.25, 0.3) is 0 Å². The highest BCUT2D eigenvalue weighted by Gasteiger charge is 2.40. The van der Waals surface area contributed by atoms with Gasteiger partial charge in [0.05, 0.1) is 0 Å². The fourth-order valence-corrected chi connectivity index (χ4v) is 12.3. The van der Waals surface area contributed by atoms with Gasteiger partial charge in [0.15, 0.2) is 16.6 Å². The van der Waals surface area contributed by atoms with Crippen LogP contribution >= 0.6 is 0 Å². The van der Waals surface area contributed by atoms with Crippen LogP contribution in [0.4, 0.5) is 0 Å². The van der Waals surface area contributed by atoms with Crippen molar-refractivity contribution in [1.82, 2.24) is 0 Å². The second-order valence-corrected chi connectivity index (χ2v) is 16.2. The Morgan fingerprint density at radius 3 is 2.19 bits per heavy atom. The minimum absolute atomic E-state index is 0.891. The van der Waals surface area contributed by atoms with Gasteiger partial charge in [0.25, 0.3) is 0 Å². The van der Waals surface area contributed by atoms with Crippen LogP contribution < -0.4 is 0 Å². The zero-order valence-electron chi connectivity index (χ0n) is 11.4. The first-order chi connectivity index (χ1) is 7.25. The van der Waals surface area contributed by atoms with E-state index in [-0.39, 0.29) is 0 Å². The molecule has 2 rings (SSSR count). The molecule has 0 heterocycles. The molecule has 0 aromatic carbocycles. The first-order valence-electron chi connectivity index (χ1n) is 6.64. The zero-order chi connectivity index (χ0) is 12.0. The quantitative estimate of drug-likeness (QED) is 0.538. The molecule has 2 bridgehead atoms. The molecule has 3 unspecified atom stereocenters. The Morgan fingerprint density at radius 1 is 1.06 bits per heavy atom. The normalized spacial score (nSPS) is 33.7. The van der Waals surface area contributed by atoms with Crippen LogP contribution in [0.15, 0.2) is 12.2 Å². The van der Waals surface area contributed by atoms with Gasteiger partial charge >= 0.3 is 0 Å². The molecule has 16 heavy (non-hydrogen) atoms. The lowest BCUT2D eigenvalue weighted by Gasteiger charge is -2.34. The molecule has 3 atom stereocenters. The number of hydrogen-bond donors (Lipinski definition) is 0. The highest BCUT2D eigenvalue weighted by molar-refractivity contribution is 6.84. The van der Waals surface area contributed by atoms with Crippen molar-refractivity contribution in [2.24, 2.45) is 17.8 Å². The third-order valence-electron chi connectivity index (χ3n) is 3.75. The van der Waals surface area contributed by atoms with Crippen LogP contribution in [0.1, 0.15) is 12.8 Å². The Balaban J connectivity index is 1.91. The fourth-order valence-electron chi connectivity index (χ4n) is 3.63. The van der Waals surface area contributed by atoms with Crippen LogP contribution in [0.5, 0.6) is 0 Å². The first kappa shape index (κ1) is 12.6. The van der Waals surface area contributed by atoms with Crippen LogP contribution in [0.2, 0.25) is 38.8 Å². The topological polar surface area (TPSA) is 9.23 Å². The van der Waals surface area contributed by atoms with Gasteiger partial charge < -0.3 is 4.12 Å². The minimum Gasteiger partial charge on any atom is -0.456 e. The molecule has 0 aromatic heterocycles. The van der Waals surface area contributed by atoms with Gasteiger partial charge in [-0.2, -0.15) is 0 Å². The fraction of sp³-hybridized carbons (Fsp3) is 0.846. The van der Waals surface area contributed by atoms with Crippen LogP contribution in [0, 0.1) is 17.8 Å². The predicted molar refractivity (Wildman–Crippen MR) is 75.6 cm³/mol. The average molecular weight is 255 g/mol. The molecule has 1 fully saturated rings. The summed E-state index contributed by atoms with van der Waals surface area (Å²) in [4.78, 5) is 0. The molecule has 0 saturated heterocycles. The average Bonchev–Trinajstić information content (AvgIpc) is 2.57. The van der Waals surface area contributed by atoms with Gasteiger partial charge in [0.1, 0.15) is 0 Å². The van der Waals surface area contributed by atoms with Crippen molar-refractivity contribution >= 4 is 16.6 Å². The molecule has 3 heteroatoms. The van der Waals surface area contributed by atoms with Crippen molar-refractivity contribution in [3.8, 4) is 0 Å². The Bertz CT molecular complexity index is 291. The lowest BCUT2D eigenvalue weighted by atomic mass is 9.96. The highest BCUT2D eigenvalue weighted by Crippen LogP contribution is 2.47. The van der Waals surface area contributed by atoms with E-state index in [9.17, 15) is 0 Å². The molecule has 0 radical (unpaired) electrons. The molecular weight excluding hydrogens is 228 g/mol. The third kappa shape index (κ3) is 3.08. The largest absolute Gasteiger partial charge is 0.456 e. The molecule has 2 aliphatic carbocycles. The third-order valence-corrected chi connectivity index (χ3v) is 9.92. The summed E-state index contributed by atoms with van der Waals surface area (Å²) in [6.07, 6.45) is 7.78. The van der Waals surface area contributed by atoms with Gasteiger partial charge in [-0.1, -0.05) is 12.2 Å². The molecule has 92 valence electrons. The Morgan fingerprint density at radius 2 is 1.75 bits per heavy atom. The van der Waals surface area contributed by atoms with Gasteiger partial charge in [0, 0.05) is 0 Å². The van der Waals surface area contributed by atoms with E-state index in [0.29, 0.717) is 0 Å². The van der Waals surface area contributed by atoms with Crippen LogP contribution in [0.3, 0.4) is 0 Å². The van der Waals surface area contributed by atoms with Crippen molar-refractivity contribution in [2.75, 3.05) is 0 Å². The predicted octanol–water partition coefficient (Wildman–Crippen LogP) is 4.26. The summed E-state index contributed by atoms with van der Waals surface area (Å²) in [5.74, 6) is 2.74. The molecular formula is C13H26OSi2. The van der Waals surface area contributed by atoms with E-state index < -0.39 is 16.6 Å². The Labute approximate surface area is 103 Å². The van der Waals surface area contributed by atoms with E-state index in [1.807, 2.05) is 0 Å². The van der Waals surface area contributed by atoms with Crippen molar-refractivity contribution in [3.05, 3.63) is 12.2 Å². The number of allylic oxidation sites excluding steroid dienone is 2. The Hall–Kier alpha value is 0.134. The molecule has 0 aromatic rings. The van der Waals surface area contributed by atoms with Gasteiger partial charge in [0.2, 0.25) is 0 Å². The van der Waals surface area contributed by atoms with Gasteiger partial charge in [-0.25, -0.2) is 0 Å². The zero-order valence-corrected chi connectivity index (χ0v) is 13.4. The lowest BCUT2D eigenvalue weighted by Crippen LogP contribution is -2.43. The Kier molecular flexibility index (Phi) is 3.23. The molecule has 0 spiro atoms. The number of hydrogen-bond acceptors (Lipinski definition) is 1. The summed E-state index contributed by atoms with van der Waals surface area (Å²) in [5, 5.41) is 0. The first-order valence-corrected chi connectivity index (χ1v) is 13.2. The van der Waals surface area contributed by atoms with Crippen molar-refractivity contribution in [3.63, 3.8) is 0 Å². The monoisotopic (exact) mass is 254 g/mol. The second kappa shape index (κ2) is 4.11. The maximum Gasteiger partial charge on any atom is 0.173 e. The summed E-state index contributed by atoms with van der Waals surface area (Å²) in [6.45, 7) is 11.8. The molecule has 1 saturated carbocycles. The van der Waals surface area contributed by atoms with Crippen molar-refractivity contribution in [1.29, 1.82) is 0 Å². The number of fused-ring (bicyclic) bond motifs is 2. The van der Waals surface area contributed by atoms with Gasteiger partial charge in [-0.05, 0) is 69.4 Å². The standard InChI is InChI=1S/C13H26OSi2/c1-15(2,3)14-16(4,5)10-13-9-11-6-7-12(13)8-11/h6-7,11-13H,8-10H2,1-5H3. The summed E-state index contributed by atoms with van der Waals surface area (Å²) in [6, 6.07) is 1.38. The van der Waals surface area contributed by atoms with E-state index >= 15 is 0 Å². The SMILES string of the molecule is C[Si](C)(C)O[Si](C)(C)CC1CC2C=CC1C2. The summed E-state index contributed by atoms with van der Waals surface area (Å²) in [7, 11) is -2.76. The minimum atomic E-state index is -1.41. The van der Waals surface area contributed by atoms with Gasteiger partial charge in [-0.15, -0.1) is 0 Å². The maximum atomic E-state index is 6.45. The molecule has 0 N–H and O–H groups in total. The van der Waals surface area contributed by atoms with Crippen LogP contribution in [-0.2, 0) is 4.12 Å². The van der Waals surface area contributed by atoms with Crippen molar-refractivity contribution in [2.45, 2.75) is 51.6 Å². The maximum absolute atomic E-state index is 6.45. The van der Waals surface area contributed by atoms with E-state index in [4.69, 9.17) is 4.12 Å². The van der Waals surface area contributed by atoms with E-state index in [0.717, 1.165) is 17.8 Å². The summed E-state index contributed by atoms with van der Waals surface area (Å²) >= 11 is 0. The molecule has 0 amide bonds. The highest BCUT2D eigenvalue weighted by atomic mass is 28.4. The smallest absolute Gasteiger partial charge is 0.173 e. The van der Waals surface area contributed by atoms with Crippen molar-refractivity contribution < 1.29 is 4.12 Å². The molecule has 0 aliphatic heterocycles. The van der Waals surface area contributed by atoms with E-state index in [1.54, 1.807) is 0 Å². The van der Waals surface area contributed by atoms with Gasteiger partial charge in [-0.3, -0.25) is 0 Å². The molecule has 1 nitrogen and oxygen atoms in total. The van der Waals surface area contributed by atoms with E-state index in [1.165, 1.54) is 18.9 Å².